The van der Waals surface area contributed by atoms with Gasteiger partial charge in [0.1, 0.15) is 0 Å². The number of sulfonamides is 1. The van der Waals surface area contributed by atoms with Crippen molar-refractivity contribution >= 4 is 10.0 Å². The molecular weight excluding hydrogens is 236 g/mol. The van der Waals surface area contributed by atoms with Crippen LogP contribution in [0.25, 0.3) is 0 Å². The van der Waals surface area contributed by atoms with Gasteiger partial charge in [0.25, 0.3) is 0 Å². The van der Waals surface area contributed by atoms with Gasteiger partial charge in [-0.05, 0) is 46.0 Å². The third kappa shape index (κ3) is 3.66. The zero-order valence-corrected chi connectivity index (χ0v) is 12.0. The molecule has 0 heterocycles. The molecule has 4 nitrogen and oxygen atoms in total. The van der Waals surface area contributed by atoms with Gasteiger partial charge in [0.2, 0.25) is 10.0 Å². The molecule has 1 aliphatic rings. The van der Waals surface area contributed by atoms with E-state index in [9.17, 15) is 8.42 Å². The summed E-state index contributed by atoms with van der Waals surface area (Å²) in [7, 11) is -3.13. The van der Waals surface area contributed by atoms with Crippen molar-refractivity contribution in [2.75, 3.05) is 6.54 Å². The molecule has 5 heteroatoms. The number of hydrogen-bond acceptors (Lipinski definition) is 3. The molecule has 1 aliphatic carbocycles. The quantitative estimate of drug-likeness (QED) is 0.820. The SMILES string of the molecule is CCCN(C1CCC(N)CC1)S(=O)(=O)C(C)C. The van der Waals surface area contributed by atoms with Crippen LogP contribution in [0.15, 0.2) is 0 Å². The molecule has 2 N–H and O–H groups in total. The highest BCUT2D eigenvalue weighted by atomic mass is 32.2. The summed E-state index contributed by atoms with van der Waals surface area (Å²) in [5, 5.41) is -0.329. The molecule has 0 spiro atoms. The van der Waals surface area contributed by atoms with Gasteiger partial charge in [-0.3, -0.25) is 0 Å². The third-order valence-electron chi connectivity index (χ3n) is 3.52. The van der Waals surface area contributed by atoms with E-state index in [-0.39, 0.29) is 17.3 Å². The van der Waals surface area contributed by atoms with Crippen LogP contribution in [0, 0.1) is 0 Å². The monoisotopic (exact) mass is 262 g/mol. The largest absolute Gasteiger partial charge is 0.328 e. The first kappa shape index (κ1) is 14.9. The molecule has 0 aromatic heterocycles. The maximum atomic E-state index is 12.3. The second-order valence-corrected chi connectivity index (χ2v) is 7.71. The smallest absolute Gasteiger partial charge is 0.216 e. The Morgan fingerprint density at radius 2 is 1.76 bits per heavy atom. The predicted molar refractivity (Wildman–Crippen MR) is 71.3 cm³/mol. The second-order valence-electron chi connectivity index (χ2n) is 5.27. The van der Waals surface area contributed by atoms with E-state index in [4.69, 9.17) is 5.73 Å². The van der Waals surface area contributed by atoms with Gasteiger partial charge >= 0.3 is 0 Å². The van der Waals surface area contributed by atoms with Crippen molar-refractivity contribution in [3.05, 3.63) is 0 Å². The fourth-order valence-electron chi connectivity index (χ4n) is 2.40. The Hall–Kier alpha value is -0.130. The minimum absolute atomic E-state index is 0.169. The summed E-state index contributed by atoms with van der Waals surface area (Å²) < 4.78 is 26.3. The van der Waals surface area contributed by atoms with Gasteiger partial charge in [0.15, 0.2) is 0 Å². The molecule has 0 aromatic carbocycles. The first-order valence-electron chi connectivity index (χ1n) is 6.65. The van der Waals surface area contributed by atoms with Crippen molar-refractivity contribution in [2.24, 2.45) is 5.73 Å². The van der Waals surface area contributed by atoms with E-state index in [1.807, 2.05) is 6.92 Å². The maximum Gasteiger partial charge on any atom is 0.216 e. The molecule has 1 saturated carbocycles. The lowest BCUT2D eigenvalue weighted by Gasteiger charge is -2.36. The zero-order chi connectivity index (χ0) is 13.1. The standard InChI is InChI=1S/C12H26N2O2S/c1-4-9-14(17(15,16)10(2)3)12-7-5-11(13)6-8-12/h10-12H,4-9,13H2,1-3H3. The second kappa shape index (κ2) is 6.16. The van der Waals surface area contributed by atoms with Crippen molar-refractivity contribution in [3.8, 4) is 0 Å². The lowest BCUT2D eigenvalue weighted by atomic mass is 9.92. The Kier molecular flexibility index (Phi) is 5.41. The van der Waals surface area contributed by atoms with Crippen molar-refractivity contribution < 1.29 is 8.42 Å². The van der Waals surface area contributed by atoms with Crippen LogP contribution in [0.5, 0.6) is 0 Å². The van der Waals surface area contributed by atoms with Crippen LogP contribution in [-0.4, -0.2) is 36.6 Å². The Bertz CT molecular complexity index is 319. The van der Waals surface area contributed by atoms with Crippen molar-refractivity contribution in [2.45, 2.75) is 70.2 Å². The van der Waals surface area contributed by atoms with Crippen LogP contribution in [0.1, 0.15) is 52.9 Å². The normalized spacial score (nSPS) is 26.7. The predicted octanol–water partition coefficient (Wildman–Crippen LogP) is 1.71. The fourth-order valence-corrected chi connectivity index (χ4v) is 4.00. The van der Waals surface area contributed by atoms with E-state index < -0.39 is 10.0 Å². The van der Waals surface area contributed by atoms with E-state index in [1.165, 1.54) is 0 Å². The average Bonchev–Trinajstić information content (AvgIpc) is 2.27. The molecule has 0 amide bonds. The van der Waals surface area contributed by atoms with E-state index >= 15 is 0 Å². The summed E-state index contributed by atoms with van der Waals surface area (Å²) in [6.45, 7) is 6.18. The highest BCUT2D eigenvalue weighted by Gasteiger charge is 2.33. The summed E-state index contributed by atoms with van der Waals surface area (Å²) in [6.07, 6.45) is 4.58. The van der Waals surface area contributed by atoms with E-state index in [0.717, 1.165) is 32.1 Å². The summed E-state index contributed by atoms with van der Waals surface area (Å²) in [5.74, 6) is 0. The summed E-state index contributed by atoms with van der Waals surface area (Å²) >= 11 is 0. The minimum atomic E-state index is -3.13. The third-order valence-corrected chi connectivity index (χ3v) is 5.84. The van der Waals surface area contributed by atoms with E-state index in [1.54, 1.807) is 18.2 Å². The fraction of sp³-hybridized carbons (Fsp3) is 1.00. The van der Waals surface area contributed by atoms with Crippen LogP contribution >= 0.6 is 0 Å². The van der Waals surface area contributed by atoms with E-state index in [2.05, 4.69) is 0 Å². The van der Waals surface area contributed by atoms with Crippen LogP contribution in [-0.2, 0) is 10.0 Å². The Morgan fingerprint density at radius 3 is 2.18 bits per heavy atom. The summed E-state index contributed by atoms with van der Waals surface area (Å²) in [5.41, 5.74) is 5.87. The topological polar surface area (TPSA) is 63.4 Å². The van der Waals surface area contributed by atoms with Gasteiger partial charge in [0, 0.05) is 18.6 Å². The van der Waals surface area contributed by atoms with E-state index in [0.29, 0.717) is 6.54 Å². The molecule has 0 aromatic rings. The molecule has 17 heavy (non-hydrogen) atoms. The van der Waals surface area contributed by atoms with Gasteiger partial charge < -0.3 is 5.73 Å². The van der Waals surface area contributed by atoms with Gasteiger partial charge in [0.05, 0.1) is 5.25 Å². The van der Waals surface area contributed by atoms with Crippen LogP contribution in [0.4, 0.5) is 0 Å². The minimum Gasteiger partial charge on any atom is -0.328 e. The highest BCUT2D eigenvalue weighted by Crippen LogP contribution is 2.26. The molecule has 0 saturated heterocycles. The lowest BCUT2D eigenvalue weighted by Crippen LogP contribution is -2.46. The van der Waals surface area contributed by atoms with Crippen molar-refractivity contribution in [3.63, 3.8) is 0 Å². The average molecular weight is 262 g/mol. The number of nitrogens with two attached hydrogens (primary N) is 1. The zero-order valence-electron chi connectivity index (χ0n) is 11.2. The summed E-state index contributed by atoms with van der Waals surface area (Å²) in [6, 6.07) is 0.429. The Labute approximate surface area is 106 Å². The van der Waals surface area contributed by atoms with Gasteiger partial charge in [-0.15, -0.1) is 0 Å². The lowest BCUT2D eigenvalue weighted by molar-refractivity contribution is 0.239. The van der Waals surface area contributed by atoms with Gasteiger partial charge in [-0.1, -0.05) is 6.92 Å². The first-order chi connectivity index (χ1) is 7.89. The summed E-state index contributed by atoms with van der Waals surface area (Å²) in [4.78, 5) is 0. The number of rotatable bonds is 5. The van der Waals surface area contributed by atoms with Crippen LogP contribution in [0.3, 0.4) is 0 Å². The van der Waals surface area contributed by atoms with Crippen molar-refractivity contribution in [1.29, 1.82) is 0 Å². The molecule has 0 atom stereocenters. The van der Waals surface area contributed by atoms with Crippen LogP contribution in [0.2, 0.25) is 0 Å². The molecule has 1 rings (SSSR count). The molecule has 0 unspecified atom stereocenters. The van der Waals surface area contributed by atoms with Gasteiger partial charge in [-0.2, -0.15) is 4.31 Å². The first-order valence-corrected chi connectivity index (χ1v) is 8.16. The highest BCUT2D eigenvalue weighted by molar-refractivity contribution is 7.89. The van der Waals surface area contributed by atoms with Crippen molar-refractivity contribution in [1.82, 2.24) is 4.31 Å². The van der Waals surface area contributed by atoms with Gasteiger partial charge in [-0.25, -0.2) is 8.42 Å². The van der Waals surface area contributed by atoms with Crippen LogP contribution < -0.4 is 5.73 Å². The Balaban J connectivity index is 2.79. The number of hydrogen-bond donors (Lipinski definition) is 1. The number of nitrogens with zero attached hydrogens (tertiary/aromatic N) is 1. The maximum absolute atomic E-state index is 12.3. The Morgan fingerprint density at radius 1 is 1.24 bits per heavy atom. The molecule has 0 aliphatic heterocycles. The molecule has 102 valence electrons. The molecule has 0 bridgehead atoms. The molecule has 1 fully saturated rings. The molecule has 0 radical (unpaired) electrons. The molecular formula is C12H26N2O2S.